The molecular weight excluding hydrogens is 316 g/mol. The highest BCUT2D eigenvalue weighted by atomic mass is 19.1. The second-order valence-electron chi connectivity index (χ2n) is 5.59. The Balaban J connectivity index is 1.90. The number of rotatable bonds is 6. The monoisotopic (exact) mass is 335 g/mol. The van der Waals surface area contributed by atoms with Crippen molar-refractivity contribution in [2.75, 3.05) is 25.5 Å². The van der Waals surface area contributed by atoms with Gasteiger partial charge in [-0.1, -0.05) is 12.1 Å². The molecule has 2 aromatic rings. The van der Waals surface area contributed by atoms with Crippen molar-refractivity contribution in [3.63, 3.8) is 0 Å². The van der Waals surface area contributed by atoms with Gasteiger partial charge in [0.2, 0.25) is 5.91 Å². The highest BCUT2D eigenvalue weighted by molar-refractivity contribution is 5.91. The summed E-state index contributed by atoms with van der Waals surface area (Å²) in [6.07, 6.45) is -1.17. The van der Waals surface area contributed by atoms with Gasteiger partial charge in [-0.3, -0.25) is 9.69 Å². The Labute approximate surface area is 138 Å². The van der Waals surface area contributed by atoms with E-state index in [4.69, 9.17) is 0 Å². The number of nitrogens with one attached hydrogen (secondary N) is 1. The summed E-state index contributed by atoms with van der Waals surface area (Å²) in [6.45, 7) is 1.84. The van der Waals surface area contributed by atoms with E-state index in [9.17, 15) is 18.7 Å². The number of hydrogen-bond donors (Lipinski definition) is 2. The SMILES string of the molecule is Cc1cccc(NC(=O)CN(C)CC(O)c2ccc(F)cc2F)n1. The van der Waals surface area contributed by atoms with Crippen molar-refractivity contribution >= 4 is 11.7 Å². The van der Waals surface area contributed by atoms with E-state index in [1.54, 1.807) is 24.1 Å². The second-order valence-corrected chi connectivity index (χ2v) is 5.59. The van der Waals surface area contributed by atoms with Gasteiger partial charge in [0.1, 0.15) is 17.5 Å². The van der Waals surface area contributed by atoms with E-state index in [2.05, 4.69) is 10.3 Å². The first kappa shape index (κ1) is 18.0. The number of aryl methyl sites for hydroxylation is 1. The minimum atomic E-state index is -1.17. The van der Waals surface area contributed by atoms with Gasteiger partial charge in [-0.25, -0.2) is 13.8 Å². The first-order valence-electron chi connectivity index (χ1n) is 7.40. The third-order valence-corrected chi connectivity index (χ3v) is 3.38. The molecule has 0 aliphatic rings. The molecule has 1 heterocycles. The number of carbonyl (C=O) groups is 1. The van der Waals surface area contributed by atoms with E-state index in [0.29, 0.717) is 11.9 Å². The molecule has 0 saturated heterocycles. The zero-order valence-electron chi connectivity index (χ0n) is 13.5. The molecule has 5 nitrogen and oxygen atoms in total. The summed E-state index contributed by atoms with van der Waals surface area (Å²) < 4.78 is 26.5. The number of pyridine rings is 1. The van der Waals surface area contributed by atoms with Crippen molar-refractivity contribution in [3.8, 4) is 0 Å². The molecule has 0 radical (unpaired) electrons. The number of likely N-dealkylation sites (N-methyl/N-ethyl adjacent to an activating group) is 1. The Morgan fingerprint density at radius 2 is 2.08 bits per heavy atom. The standard InChI is InChI=1S/C17H19F2N3O2/c1-11-4-3-5-16(20-11)21-17(24)10-22(2)9-15(23)13-7-6-12(18)8-14(13)19/h3-8,15,23H,9-10H2,1-2H3,(H,20,21,24). The molecule has 1 aromatic carbocycles. The van der Waals surface area contributed by atoms with E-state index in [1.807, 2.05) is 13.0 Å². The number of aliphatic hydroxyl groups excluding tert-OH is 1. The Morgan fingerprint density at radius 3 is 2.75 bits per heavy atom. The molecule has 1 unspecified atom stereocenters. The maximum absolute atomic E-state index is 13.6. The van der Waals surface area contributed by atoms with E-state index >= 15 is 0 Å². The van der Waals surface area contributed by atoms with E-state index in [1.165, 1.54) is 6.07 Å². The first-order valence-corrected chi connectivity index (χ1v) is 7.40. The number of aromatic nitrogens is 1. The molecule has 1 atom stereocenters. The summed E-state index contributed by atoms with van der Waals surface area (Å²) in [4.78, 5) is 17.7. The van der Waals surface area contributed by atoms with Crippen LogP contribution >= 0.6 is 0 Å². The molecule has 1 amide bonds. The molecule has 128 valence electrons. The van der Waals surface area contributed by atoms with Crippen LogP contribution in [-0.2, 0) is 4.79 Å². The predicted octanol–water partition coefficient (Wildman–Crippen LogP) is 2.27. The van der Waals surface area contributed by atoms with Gasteiger partial charge < -0.3 is 10.4 Å². The summed E-state index contributed by atoms with van der Waals surface area (Å²) in [7, 11) is 1.62. The minimum Gasteiger partial charge on any atom is -0.387 e. The lowest BCUT2D eigenvalue weighted by Gasteiger charge is -2.20. The highest BCUT2D eigenvalue weighted by Gasteiger charge is 2.17. The van der Waals surface area contributed by atoms with Crippen LogP contribution in [0.5, 0.6) is 0 Å². The summed E-state index contributed by atoms with van der Waals surface area (Å²) in [5.74, 6) is -1.38. The average Bonchev–Trinajstić information content (AvgIpc) is 2.46. The Morgan fingerprint density at radius 1 is 1.33 bits per heavy atom. The molecule has 0 aliphatic carbocycles. The third-order valence-electron chi connectivity index (χ3n) is 3.38. The Hall–Kier alpha value is -2.38. The van der Waals surface area contributed by atoms with Crippen LogP contribution in [0.4, 0.5) is 14.6 Å². The molecule has 0 saturated carbocycles. The second kappa shape index (κ2) is 7.94. The number of carbonyl (C=O) groups excluding carboxylic acids is 1. The van der Waals surface area contributed by atoms with Crippen molar-refractivity contribution in [2.45, 2.75) is 13.0 Å². The summed E-state index contributed by atoms with van der Waals surface area (Å²) >= 11 is 0. The normalized spacial score (nSPS) is 12.2. The van der Waals surface area contributed by atoms with Crippen LogP contribution in [0.25, 0.3) is 0 Å². The van der Waals surface area contributed by atoms with Gasteiger partial charge >= 0.3 is 0 Å². The molecule has 1 aromatic heterocycles. The highest BCUT2D eigenvalue weighted by Crippen LogP contribution is 2.18. The maximum Gasteiger partial charge on any atom is 0.239 e. The number of aliphatic hydroxyl groups is 1. The lowest BCUT2D eigenvalue weighted by Crippen LogP contribution is -2.33. The topological polar surface area (TPSA) is 65.5 Å². The molecular formula is C17H19F2N3O2. The number of halogens is 2. The molecule has 24 heavy (non-hydrogen) atoms. The fraction of sp³-hybridized carbons (Fsp3) is 0.294. The number of nitrogens with zero attached hydrogens (tertiary/aromatic N) is 2. The molecule has 0 spiro atoms. The summed E-state index contributed by atoms with van der Waals surface area (Å²) in [5, 5.41) is 12.7. The minimum absolute atomic E-state index is 0.00447. The lowest BCUT2D eigenvalue weighted by molar-refractivity contribution is -0.117. The van der Waals surface area contributed by atoms with E-state index < -0.39 is 17.7 Å². The van der Waals surface area contributed by atoms with Crippen LogP contribution in [0, 0.1) is 18.6 Å². The van der Waals surface area contributed by atoms with Crippen molar-refractivity contribution in [3.05, 3.63) is 59.3 Å². The zero-order chi connectivity index (χ0) is 17.7. The molecule has 2 rings (SSSR count). The van der Waals surface area contributed by atoms with Crippen LogP contribution in [0.2, 0.25) is 0 Å². The lowest BCUT2D eigenvalue weighted by atomic mass is 10.1. The van der Waals surface area contributed by atoms with Gasteiger partial charge in [-0.05, 0) is 32.2 Å². The quantitative estimate of drug-likeness (QED) is 0.850. The molecule has 7 heteroatoms. The van der Waals surface area contributed by atoms with Gasteiger partial charge in [0.15, 0.2) is 0 Å². The van der Waals surface area contributed by atoms with Crippen molar-refractivity contribution in [2.24, 2.45) is 0 Å². The molecule has 0 fully saturated rings. The van der Waals surface area contributed by atoms with Gasteiger partial charge in [-0.15, -0.1) is 0 Å². The van der Waals surface area contributed by atoms with Gasteiger partial charge in [0.25, 0.3) is 0 Å². The third kappa shape index (κ3) is 5.07. The average molecular weight is 335 g/mol. The van der Waals surface area contributed by atoms with Crippen molar-refractivity contribution in [1.29, 1.82) is 0 Å². The van der Waals surface area contributed by atoms with Crippen LogP contribution in [0.1, 0.15) is 17.4 Å². The fourth-order valence-electron chi connectivity index (χ4n) is 2.27. The Kier molecular flexibility index (Phi) is 5.94. The number of hydrogen-bond acceptors (Lipinski definition) is 4. The fourth-order valence-corrected chi connectivity index (χ4v) is 2.27. The first-order chi connectivity index (χ1) is 11.3. The predicted molar refractivity (Wildman–Crippen MR) is 86.4 cm³/mol. The van der Waals surface area contributed by atoms with Gasteiger partial charge in [0.05, 0.1) is 12.6 Å². The van der Waals surface area contributed by atoms with Gasteiger partial charge in [0, 0.05) is 23.9 Å². The van der Waals surface area contributed by atoms with Crippen LogP contribution < -0.4 is 5.32 Å². The van der Waals surface area contributed by atoms with Gasteiger partial charge in [-0.2, -0.15) is 0 Å². The number of amides is 1. The summed E-state index contributed by atoms with van der Waals surface area (Å²) in [5.41, 5.74) is 0.771. The maximum atomic E-state index is 13.6. The van der Waals surface area contributed by atoms with Crippen molar-refractivity contribution < 1.29 is 18.7 Å². The number of benzene rings is 1. The number of anilines is 1. The molecule has 0 bridgehead atoms. The van der Waals surface area contributed by atoms with Crippen molar-refractivity contribution in [1.82, 2.24) is 9.88 Å². The van der Waals surface area contributed by atoms with Crippen LogP contribution in [-0.4, -0.2) is 41.0 Å². The van der Waals surface area contributed by atoms with Crippen LogP contribution in [0.3, 0.4) is 0 Å². The zero-order valence-corrected chi connectivity index (χ0v) is 13.5. The Bertz CT molecular complexity index is 725. The van der Waals surface area contributed by atoms with Crippen LogP contribution in [0.15, 0.2) is 36.4 Å². The largest absolute Gasteiger partial charge is 0.387 e. The molecule has 0 aliphatic heterocycles. The van der Waals surface area contributed by atoms with E-state index in [-0.39, 0.29) is 24.6 Å². The summed E-state index contributed by atoms with van der Waals surface area (Å²) in [6, 6.07) is 8.26. The van der Waals surface area contributed by atoms with E-state index in [0.717, 1.165) is 11.8 Å². The smallest absolute Gasteiger partial charge is 0.239 e. The molecule has 2 N–H and O–H groups in total.